The van der Waals surface area contributed by atoms with Crippen LogP contribution in [0.25, 0.3) is 0 Å². The van der Waals surface area contributed by atoms with Crippen molar-refractivity contribution in [1.82, 2.24) is 0 Å². The molecule has 100 valence electrons. The van der Waals surface area contributed by atoms with E-state index in [0.717, 1.165) is 0 Å². The highest BCUT2D eigenvalue weighted by Gasteiger charge is 2.11. The Morgan fingerprint density at radius 2 is 2.17 bits per heavy atom. The number of rotatable bonds is 6. The first kappa shape index (κ1) is 14.5. The van der Waals surface area contributed by atoms with Crippen LogP contribution in [0.4, 0.5) is 14.5 Å². The van der Waals surface area contributed by atoms with Gasteiger partial charge in [-0.3, -0.25) is 0 Å². The van der Waals surface area contributed by atoms with Gasteiger partial charge in [0.1, 0.15) is 5.84 Å². The second kappa shape index (κ2) is 7.00. The van der Waals surface area contributed by atoms with Gasteiger partial charge in [0.05, 0.1) is 18.2 Å². The lowest BCUT2D eigenvalue weighted by Crippen LogP contribution is -2.12. The Kier molecular flexibility index (Phi) is 5.64. The van der Waals surface area contributed by atoms with Crippen molar-refractivity contribution in [3.8, 4) is 11.5 Å². The Labute approximate surface area is 108 Å². The molecule has 0 atom stereocenters. The van der Waals surface area contributed by atoms with Crippen LogP contribution >= 0.6 is 11.6 Å². The minimum absolute atomic E-state index is 0.0461. The topological polar surface area (TPSA) is 56.8 Å². The SMILES string of the molecule is CCOc1cc(N=C(N)CCl)ccc1OC(F)F. The summed E-state index contributed by atoms with van der Waals surface area (Å²) in [6.45, 7) is -0.862. The molecule has 0 saturated carbocycles. The third-order valence-corrected chi connectivity index (χ3v) is 2.13. The van der Waals surface area contributed by atoms with Gasteiger partial charge in [-0.05, 0) is 19.1 Å². The van der Waals surface area contributed by atoms with E-state index < -0.39 is 6.61 Å². The van der Waals surface area contributed by atoms with Crippen molar-refractivity contribution in [2.24, 2.45) is 10.7 Å². The van der Waals surface area contributed by atoms with Crippen molar-refractivity contribution in [2.75, 3.05) is 12.5 Å². The lowest BCUT2D eigenvalue weighted by Gasteiger charge is -2.11. The van der Waals surface area contributed by atoms with E-state index in [1.807, 2.05) is 0 Å². The molecular weight excluding hydrogens is 266 g/mol. The molecule has 0 heterocycles. The molecule has 0 aromatic heterocycles. The predicted octanol–water partition coefficient (Wildman–Crippen LogP) is 2.91. The van der Waals surface area contributed by atoms with E-state index in [-0.39, 0.29) is 23.2 Å². The Hall–Kier alpha value is -1.56. The second-order valence-corrected chi connectivity index (χ2v) is 3.45. The number of nitrogens with two attached hydrogens (primary N) is 1. The van der Waals surface area contributed by atoms with Gasteiger partial charge in [0.15, 0.2) is 11.5 Å². The summed E-state index contributed by atoms with van der Waals surface area (Å²) in [7, 11) is 0. The van der Waals surface area contributed by atoms with E-state index in [1.165, 1.54) is 18.2 Å². The molecule has 0 unspecified atom stereocenters. The average Bonchev–Trinajstić information content (AvgIpc) is 2.32. The van der Waals surface area contributed by atoms with Gasteiger partial charge in [0, 0.05) is 6.07 Å². The van der Waals surface area contributed by atoms with Gasteiger partial charge in [-0.1, -0.05) is 0 Å². The number of hydrogen-bond donors (Lipinski definition) is 1. The van der Waals surface area contributed by atoms with Crippen LogP contribution in [0.3, 0.4) is 0 Å². The molecule has 0 aliphatic heterocycles. The van der Waals surface area contributed by atoms with Crippen molar-refractivity contribution in [3.63, 3.8) is 0 Å². The molecule has 0 saturated heterocycles. The fourth-order valence-electron chi connectivity index (χ4n) is 1.22. The molecule has 0 radical (unpaired) electrons. The van der Waals surface area contributed by atoms with Gasteiger partial charge in [0.2, 0.25) is 0 Å². The zero-order valence-corrected chi connectivity index (χ0v) is 10.5. The molecule has 18 heavy (non-hydrogen) atoms. The molecule has 0 fully saturated rings. The summed E-state index contributed by atoms with van der Waals surface area (Å²) in [6, 6.07) is 4.29. The Morgan fingerprint density at radius 1 is 1.44 bits per heavy atom. The zero-order valence-electron chi connectivity index (χ0n) is 9.70. The third kappa shape index (κ3) is 4.37. The Morgan fingerprint density at radius 3 is 2.72 bits per heavy atom. The fraction of sp³-hybridized carbons (Fsp3) is 0.364. The number of hydrogen-bond acceptors (Lipinski definition) is 3. The minimum atomic E-state index is -2.91. The van der Waals surface area contributed by atoms with E-state index in [0.29, 0.717) is 12.3 Å². The molecule has 0 aliphatic carbocycles. The molecule has 0 amide bonds. The van der Waals surface area contributed by atoms with E-state index in [1.54, 1.807) is 6.92 Å². The average molecular weight is 279 g/mol. The monoisotopic (exact) mass is 278 g/mol. The molecule has 0 bridgehead atoms. The number of amidine groups is 1. The van der Waals surface area contributed by atoms with E-state index >= 15 is 0 Å². The lowest BCUT2D eigenvalue weighted by molar-refractivity contribution is -0.0514. The summed E-state index contributed by atoms with van der Waals surface area (Å²) in [5, 5.41) is 0. The summed E-state index contributed by atoms with van der Waals surface area (Å²) in [5.41, 5.74) is 5.93. The highest BCUT2D eigenvalue weighted by molar-refractivity contribution is 6.28. The van der Waals surface area contributed by atoms with Crippen molar-refractivity contribution >= 4 is 23.1 Å². The summed E-state index contributed by atoms with van der Waals surface area (Å²) < 4.78 is 33.8. The molecule has 0 spiro atoms. The number of benzene rings is 1. The molecule has 1 rings (SSSR count). The number of ether oxygens (including phenoxy) is 2. The van der Waals surface area contributed by atoms with Crippen molar-refractivity contribution in [2.45, 2.75) is 13.5 Å². The van der Waals surface area contributed by atoms with E-state index in [4.69, 9.17) is 22.1 Å². The standard InChI is InChI=1S/C11H13ClF2N2O2/c1-2-17-9-5-7(16-10(15)6-12)3-4-8(9)18-11(13)14/h3-5,11H,2,6H2,1H3,(H2,15,16). The zero-order chi connectivity index (χ0) is 13.5. The molecule has 2 N–H and O–H groups in total. The van der Waals surface area contributed by atoms with Crippen LogP contribution < -0.4 is 15.2 Å². The Balaban J connectivity index is 3.02. The molecular formula is C11H13ClF2N2O2. The van der Waals surface area contributed by atoms with E-state index in [9.17, 15) is 8.78 Å². The van der Waals surface area contributed by atoms with Crippen molar-refractivity contribution in [1.29, 1.82) is 0 Å². The summed E-state index contributed by atoms with van der Waals surface area (Å²) >= 11 is 5.49. The number of alkyl halides is 3. The van der Waals surface area contributed by atoms with Gasteiger partial charge < -0.3 is 15.2 Å². The first-order chi connectivity index (χ1) is 8.56. The molecule has 0 aliphatic rings. The third-order valence-electron chi connectivity index (χ3n) is 1.85. The van der Waals surface area contributed by atoms with Crippen LogP contribution in [0.1, 0.15) is 6.92 Å². The second-order valence-electron chi connectivity index (χ2n) is 3.18. The normalized spacial score (nSPS) is 11.7. The fourth-order valence-corrected chi connectivity index (χ4v) is 1.28. The van der Waals surface area contributed by atoms with Crippen LogP contribution in [0, 0.1) is 0 Å². The number of halogens is 3. The van der Waals surface area contributed by atoms with Crippen molar-refractivity contribution < 1.29 is 18.3 Å². The Bertz CT molecular complexity index is 428. The van der Waals surface area contributed by atoms with Gasteiger partial charge in [-0.25, -0.2) is 4.99 Å². The molecule has 1 aromatic carbocycles. The van der Waals surface area contributed by atoms with Crippen molar-refractivity contribution in [3.05, 3.63) is 18.2 Å². The van der Waals surface area contributed by atoms with Gasteiger partial charge >= 0.3 is 6.61 Å². The highest BCUT2D eigenvalue weighted by Crippen LogP contribution is 2.32. The maximum Gasteiger partial charge on any atom is 0.387 e. The van der Waals surface area contributed by atoms with Gasteiger partial charge in [-0.2, -0.15) is 8.78 Å². The lowest BCUT2D eigenvalue weighted by atomic mass is 10.3. The smallest absolute Gasteiger partial charge is 0.387 e. The molecule has 4 nitrogen and oxygen atoms in total. The van der Waals surface area contributed by atoms with Crippen LogP contribution in [0.2, 0.25) is 0 Å². The van der Waals surface area contributed by atoms with Gasteiger partial charge in [-0.15, -0.1) is 11.6 Å². The maximum atomic E-state index is 12.2. The van der Waals surface area contributed by atoms with Crippen LogP contribution in [-0.2, 0) is 0 Å². The minimum Gasteiger partial charge on any atom is -0.490 e. The maximum absolute atomic E-state index is 12.2. The summed E-state index contributed by atoms with van der Waals surface area (Å²) in [5.74, 6) is 0.442. The van der Waals surface area contributed by atoms with E-state index in [2.05, 4.69) is 9.73 Å². The van der Waals surface area contributed by atoms with Crippen LogP contribution in [0.15, 0.2) is 23.2 Å². The summed E-state index contributed by atoms with van der Waals surface area (Å²) in [4.78, 5) is 3.98. The quantitative estimate of drug-likeness (QED) is 0.494. The largest absolute Gasteiger partial charge is 0.490 e. The van der Waals surface area contributed by atoms with Crippen LogP contribution in [0.5, 0.6) is 11.5 Å². The first-order valence-corrected chi connectivity index (χ1v) is 5.71. The predicted molar refractivity (Wildman–Crippen MR) is 66.2 cm³/mol. The molecule has 1 aromatic rings. The number of aliphatic imine (C=N–C) groups is 1. The highest BCUT2D eigenvalue weighted by atomic mass is 35.5. The molecule has 7 heteroatoms. The number of nitrogens with zero attached hydrogens (tertiary/aromatic N) is 1. The first-order valence-electron chi connectivity index (χ1n) is 5.17. The van der Waals surface area contributed by atoms with Crippen LogP contribution in [-0.4, -0.2) is 24.9 Å². The van der Waals surface area contributed by atoms with Gasteiger partial charge in [0.25, 0.3) is 0 Å². The summed E-state index contributed by atoms with van der Waals surface area (Å²) in [6.07, 6.45) is 0.